The van der Waals surface area contributed by atoms with Crippen molar-refractivity contribution < 1.29 is 69.9 Å². The van der Waals surface area contributed by atoms with Gasteiger partial charge in [0, 0.05) is 47.4 Å². The molecule has 1 saturated heterocycles. The number of nitrogen functional groups attached to an aromatic ring is 1. The van der Waals surface area contributed by atoms with E-state index in [0.29, 0.717) is 61.1 Å². The number of aliphatic carboxylic acids is 3. The number of anilines is 2. The van der Waals surface area contributed by atoms with Gasteiger partial charge in [-0.1, -0.05) is 43.3 Å². The molecule has 0 spiro atoms. The van der Waals surface area contributed by atoms with Gasteiger partial charge in [-0.25, -0.2) is 23.9 Å². The van der Waals surface area contributed by atoms with Crippen molar-refractivity contribution in [1.82, 2.24) is 14.5 Å². The van der Waals surface area contributed by atoms with Crippen LogP contribution in [0.5, 0.6) is 5.75 Å². The van der Waals surface area contributed by atoms with Gasteiger partial charge >= 0.3 is 30.3 Å². The lowest BCUT2D eigenvalue weighted by Crippen LogP contribution is -2.27. The van der Waals surface area contributed by atoms with Gasteiger partial charge in [-0.15, -0.1) is 0 Å². The third-order valence-electron chi connectivity index (χ3n) is 8.34. The molecule has 0 amide bonds. The maximum absolute atomic E-state index is 16.6. The van der Waals surface area contributed by atoms with Crippen molar-refractivity contribution in [3.8, 4) is 17.0 Å². The summed E-state index contributed by atoms with van der Waals surface area (Å²) in [6, 6.07) is 19.6. The van der Waals surface area contributed by atoms with Gasteiger partial charge in [-0.05, 0) is 47.7 Å². The van der Waals surface area contributed by atoms with E-state index >= 15 is 4.39 Å². The fraction of sp³-hybridized carbons (Fsp3) is 0.289. The van der Waals surface area contributed by atoms with Crippen LogP contribution in [0.3, 0.4) is 0 Å². The summed E-state index contributed by atoms with van der Waals surface area (Å²) in [5.74, 6) is -6.15. The van der Waals surface area contributed by atoms with Crippen molar-refractivity contribution in [3.63, 3.8) is 0 Å². The average molecular weight is 824 g/mol. The summed E-state index contributed by atoms with van der Waals surface area (Å²) in [5, 5.41) is 29.2. The number of nitrogens with one attached hydrogen (secondary N) is 1. The summed E-state index contributed by atoms with van der Waals surface area (Å²) in [7, 11) is 0. The molecule has 3 heterocycles. The van der Waals surface area contributed by atoms with Crippen LogP contribution in [-0.2, 0) is 32.1 Å². The summed E-state index contributed by atoms with van der Waals surface area (Å²) < 4.78 is 93.4. The Hall–Kier alpha value is -6.44. The molecule has 1 aliphatic rings. The van der Waals surface area contributed by atoms with Gasteiger partial charge in [-0.3, -0.25) is 4.79 Å². The summed E-state index contributed by atoms with van der Waals surface area (Å²) in [6.45, 7) is 2.77. The number of carboxylic acids is 3. The zero-order valence-electron chi connectivity index (χ0n) is 30.4. The number of rotatable bonds is 10. The highest BCUT2D eigenvalue weighted by Crippen LogP contribution is 2.36. The molecule has 6 N–H and O–H groups in total. The lowest BCUT2D eigenvalue weighted by atomic mass is 9.99. The Labute approximate surface area is 324 Å². The van der Waals surface area contributed by atoms with E-state index in [9.17, 15) is 36.2 Å². The fourth-order valence-corrected chi connectivity index (χ4v) is 5.57. The van der Waals surface area contributed by atoms with Gasteiger partial charge in [0.1, 0.15) is 30.3 Å². The quantitative estimate of drug-likeness (QED) is 0.0871. The molecule has 0 saturated carbocycles. The maximum Gasteiger partial charge on any atom is 0.490 e. The molecule has 13 nitrogen and oxygen atoms in total. The summed E-state index contributed by atoms with van der Waals surface area (Å²) in [4.78, 5) is 38.9. The number of aromatic nitrogens is 3. The number of ether oxygens (including phenoxy) is 2. The van der Waals surface area contributed by atoms with Gasteiger partial charge in [0.15, 0.2) is 11.6 Å². The van der Waals surface area contributed by atoms with Crippen molar-refractivity contribution in [2.75, 3.05) is 24.3 Å². The first-order valence-corrected chi connectivity index (χ1v) is 17.2. The molecule has 0 radical (unpaired) electrons. The van der Waals surface area contributed by atoms with E-state index in [2.05, 4.69) is 10.3 Å². The lowest BCUT2D eigenvalue weighted by Gasteiger charge is -2.26. The standard InChI is InChI=1S/C34H34FN5O4.2C2HF3O2/c1-2-21-16-27(31(35)29(17-21)44-25-11-14-43-15-12-25)32(38-24-8-9-26-23(18-24)10-13-37-33(26)36)34-39-28(19-40(34)20-30(41)42)22-6-4-3-5-7-22;2*3-2(4,5)1(6)7/h3-10,13,16-19,25,32,38H,2,11-12,14-15,20H2,1H3,(H2,36,37)(H,41,42);2*(H,6,7). The first-order chi connectivity index (χ1) is 27.3. The summed E-state index contributed by atoms with van der Waals surface area (Å²) >= 11 is 0. The number of nitrogens with two attached hydrogens (primary N) is 1. The first kappa shape index (κ1) is 44.3. The van der Waals surface area contributed by atoms with Crippen LogP contribution in [0.1, 0.15) is 42.8 Å². The number of carboxylic acid groups (broad SMARTS) is 3. The SMILES string of the molecule is CCc1cc(OC2CCOCC2)c(F)c(C(Nc2ccc3c(N)nccc3c2)c2nc(-c3ccccc3)cn2CC(=O)O)c1.O=C(O)C(F)(F)F.O=C(O)C(F)(F)F. The van der Waals surface area contributed by atoms with Crippen LogP contribution in [0, 0.1) is 5.82 Å². The van der Waals surface area contributed by atoms with Crippen LogP contribution in [0.2, 0.25) is 0 Å². The summed E-state index contributed by atoms with van der Waals surface area (Å²) in [6.07, 6.45) is -5.01. The molecule has 58 heavy (non-hydrogen) atoms. The molecule has 1 atom stereocenters. The van der Waals surface area contributed by atoms with Crippen molar-refractivity contribution >= 4 is 40.2 Å². The number of aryl methyl sites for hydroxylation is 1. The van der Waals surface area contributed by atoms with Crippen molar-refractivity contribution in [2.45, 2.75) is 57.2 Å². The maximum atomic E-state index is 16.6. The zero-order chi connectivity index (χ0) is 42.8. The number of fused-ring (bicyclic) bond motifs is 1. The summed E-state index contributed by atoms with van der Waals surface area (Å²) in [5.41, 5.74) is 9.34. The minimum atomic E-state index is -5.08. The molecule has 1 unspecified atom stereocenters. The third-order valence-corrected chi connectivity index (χ3v) is 8.34. The second-order valence-corrected chi connectivity index (χ2v) is 12.5. The van der Waals surface area contributed by atoms with Gasteiger partial charge in [-0.2, -0.15) is 26.3 Å². The fourth-order valence-electron chi connectivity index (χ4n) is 5.57. The van der Waals surface area contributed by atoms with Crippen LogP contribution in [-0.4, -0.2) is 79.4 Å². The molecular weight excluding hydrogens is 787 g/mol. The highest BCUT2D eigenvalue weighted by molar-refractivity contribution is 5.93. The van der Waals surface area contributed by atoms with Gasteiger partial charge in [0.2, 0.25) is 0 Å². The third kappa shape index (κ3) is 12.0. The second kappa shape index (κ2) is 19.1. The van der Waals surface area contributed by atoms with E-state index in [1.807, 2.05) is 61.5 Å². The Morgan fingerprint density at radius 1 is 0.948 bits per heavy atom. The molecule has 0 bridgehead atoms. The predicted molar refractivity (Wildman–Crippen MR) is 195 cm³/mol. The van der Waals surface area contributed by atoms with Crippen LogP contribution in [0.25, 0.3) is 22.0 Å². The molecule has 1 aliphatic heterocycles. The van der Waals surface area contributed by atoms with Gasteiger partial charge in [0.05, 0.1) is 18.9 Å². The zero-order valence-corrected chi connectivity index (χ0v) is 30.4. The smallest absolute Gasteiger partial charge is 0.487 e. The predicted octanol–water partition coefficient (Wildman–Crippen LogP) is 7.49. The van der Waals surface area contributed by atoms with E-state index in [-0.39, 0.29) is 18.4 Å². The Morgan fingerprint density at radius 3 is 2.14 bits per heavy atom. The van der Waals surface area contributed by atoms with Crippen LogP contribution >= 0.6 is 0 Å². The minimum Gasteiger partial charge on any atom is -0.487 e. The number of pyridine rings is 1. The number of hydrogen-bond acceptors (Lipinski definition) is 9. The highest BCUT2D eigenvalue weighted by Gasteiger charge is 2.39. The Kier molecular flexibility index (Phi) is 14.6. The number of alkyl halides is 6. The molecule has 5 aromatic rings. The average Bonchev–Trinajstić information content (AvgIpc) is 3.58. The Morgan fingerprint density at radius 2 is 1.57 bits per heavy atom. The molecule has 3 aromatic carbocycles. The van der Waals surface area contributed by atoms with E-state index in [4.69, 9.17) is 40.0 Å². The van der Waals surface area contributed by atoms with Crippen molar-refractivity contribution in [1.29, 1.82) is 0 Å². The number of imidazole rings is 1. The van der Waals surface area contributed by atoms with Crippen molar-refractivity contribution in [2.24, 2.45) is 0 Å². The first-order valence-electron chi connectivity index (χ1n) is 17.2. The van der Waals surface area contributed by atoms with E-state index in [1.54, 1.807) is 29.1 Å². The van der Waals surface area contributed by atoms with Crippen molar-refractivity contribution in [3.05, 3.63) is 102 Å². The number of hydrogen-bond donors (Lipinski definition) is 5. The normalized spacial score (nSPS) is 13.7. The molecule has 6 rings (SSSR count). The van der Waals surface area contributed by atoms with Gasteiger partial charge < -0.3 is 40.4 Å². The van der Waals surface area contributed by atoms with Crippen LogP contribution in [0.4, 0.5) is 42.2 Å². The number of benzene rings is 3. The van der Waals surface area contributed by atoms with E-state index in [0.717, 1.165) is 21.9 Å². The second-order valence-electron chi connectivity index (χ2n) is 12.5. The molecule has 1 fully saturated rings. The van der Waals surface area contributed by atoms with E-state index in [1.165, 1.54) is 0 Å². The van der Waals surface area contributed by atoms with Crippen LogP contribution < -0.4 is 15.8 Å². The molecular formula is C38H36F7N5O8. The minimum absolute atomic E-state index is 0.162. The number of carbonyl (C=O) groups is 3. The molecule has 0 aliphatic carbocycles. The largest absolute Gasteiger partial charge is 0.490 e. The molecule has 20 heteroatoms. The number of halogens is 7. The Balaban J connectivity index is 0.000000456. The molecule has 310 valence electrons. The highest BCUT2D eigenvalue weighted by atomic mass is 19.4. The molecule has 2 aromatic heterocycles. The lowest BCUT2D eigenvalue weighted by molar-refractivity contribution is -0.193. The van der Waals surface area contributed by atoms with Crippen LogP contribution in [0.15, 0.2) is 79.1 Å². The van der Waals surface area contributed by atoms with E-state index < -0.39 is 42.1 Å². The topological polar surface area (TPSA) is 199 Å². The monoisotopic (exact) mass is 823 g/mol. The number of nitrogens with zero attached hydrogens (tertiary/aromatic N) is 3. The Bertz CT molecular complexity index is 2190. The van der Waals surface area contributed by atoms with Gasteiger partial charge in [0.25, 0.3) is 0 Å².